The van der Waals surface area contributed by atoms with Crippen LogP contribution in [-0.2, 0) is 42.9 Å². The Hall–Kier alpha value is -2.79. The van der Waals surface area contributed by atoms with Gasteiger partial charge in [-0.05, 0) is 38.3 Å². The first-order valence-electron chi connectivity index (χ1n) is 11.5. The molecule has 35 heavy (non-hydrogen) atoms. The molecule has 1 saturated heterocycles. The van der Waals surface area contributed by atoms with Crippen molar-refractivity contribution >= 4 is 29.7 Å². The second kappa shape index (κ2) is 8.70. The van der Waals surface area contributed by atoms with E-state index in [1.165, 1.54) is 13.8 Å². The maximum absolute atomic E-state index is 13.2. The van der Waals surface area contributed by atoms with Gasteiger partial charge in [-0.25, -0.2) is 4.79 Å². The number of carbonyl (C=O) groups is 5. The van der Waals surface area contributed by atoms with Gasteiger partial charge in [-0.15, -0.1) is 0 Å². The van der Waals surface area contributed by atoms with Crippen molar-refractivity contribution in [2.45, 2.75) is 96.4 Å². The van der Waals surface area contributed by atoms with Crippen LogP contribution in [0.3, 0.4) is 0 Å². The van der Waals surface area contributed by atoms with Crippen molar-refractivity contribution in [2.24, 2.45) is 11.8 Å². The molecule has 0 spiro atoms. The molecule has 194 valence electrons. The lowest BCUT2D eigenvalue weighted by Crippen LogP contribution is -2.64. The third kappa shape index (κ3) is 3.94. The normalized spacial score (nSPS) is 39.2. The Morgan fingerprint density at radius 3 is 2.23 bits per heavy atom. The van der Waals surface area contributed by atoms with Crippen LogP contribution in [0, 0.1) is 11.8 Å². The van der Waals surface area contributed by atoms with E-state index in [9.17, 15) is 34.2 Å². The summed E-state index contributed by atoms with van der Waals surface area (Å²) in [7, 11) is 0. The number of carbonyl (C=O) groups excluding carboxylic acids is 5. The Bertz CT molecular complexity index is 1010. The van der Waals surface area contributed by atoms with Crippen molar-refractivity contribution in [3.05, 3.63) is 11.1 Å². The van der Waals surface area contributed by atoms with Gasteiger partial charge in [0.1, 0.15) is 11.7 Å². The van der Waals surface area contributed by atoms with Gasteiger partial charge >= 0.3 is 23.9 Å². The van der Waals surface area contributed by atoms with Crippen LogP contribution < -0.4 is 0 Å². The van der Waals surface area contributed by atoms with E-state index in [1.807, 2.05) is 0 Å². The van der Waals surface area contributed by atoms with Crippen molar-refractivity contribution < 1.29 is 53.1 Å². The SMILES string of the molecule is CC[C@H](C)C(=O)O[C@H]1C[C@](C)(OC(C)=O)C2C(=C(C)C(=O)[C@H]2OC(C)=O)[C@@H]2OC(=O)[C@@](C)(O)[C@@]12O. The first-order valence-corrected chi connectivity index (χ1v) is 11.5. The number of esters is 4. The number of Topliss-reactive ketones (excluding diaryl/α,β-unsaturated/α-hetero) is 1. The summed E-state index contributed by atoms with van der Waals surface area (Å²) in [5.74, 6) is -5.83. The third-order valence-electron chi connectivity index (χ3n) is 7.47. The molecule has 2 fully saturated rings. The van der Waals surface area contributed by atoms with Gasteiger partial charge in [-0.3, -0.25) is 19.2 Å². The minimum absolute atomic E-state index is 0.0162. The van der Waals surface area contributed by atoms with Crippen molar-refractivity contribution in [1.82, 2.24) is 0 Å². The smallest absolute Gasteiger partial charge is 0.341 e. The largest absolute Gasteiger partial charge is 0.459 e. The van der Waals surface area contributed by atoms with Crippen LogP contribution in [0.25, 0.3) is 0 Å². The molecular weight excluding hydrogens is 464 g/mol. The molecule has 3 aliphatic rings. The minimum Gasteiger partial charge on any atom is -0.459 e. The fraction of sp³-hybridized carbons (Fsp3) is 0.708. The molecule has 0 amide bonds. The van der Waals surface area contributed by atoms with Gasteiger partial charge < -0.3 is 29.2 Å². The summed E-state index contributed by atoms with van der Waals surface area (Å²) in [6.07, 6.45) is -4.72. The van der Waals surface area contributed by atoms with Crippen LogP contribution in [0.5, 0.6) is 0 Å². The molecule has 0 aromatic carbocycles. The predicted molar refractivity (Wildman–Crippen MR) is 116 cm³/mol. The van der Waals surface area contributed by atoms with Crippen molar-refractivity contribution in [1.29, 1.82) is 0 Å². The lowest BCUT2D eigenvalue weighted by atomic mass is 9.75. The number of fused-ring (bicyclic) bond motifs is 3. The van der Waals surface area contributed by atoms with Crippen LogP contribution in [0.2, 0.25) is 0 Å². The van der Waals surface area contributed by atoms with E-state index in [0.717, 1.165) is 20.8 Å². The number of ether oxygens (including phenoxy) is 4. The molecule has 2 aliphatic carbocycles. The second-order valence-corrected chi connectivity index (χ2v) is 9.98. The molecule has 11 heteroatoms. The lowest BCUT2D eigenvalue weighted by molar-refractivity contribution is -0.212. The molecule has 1 unspecified atom stereocenters. The monoisotopic (exact) mass is 496 g/mol. The standard InChI is InChI=1S/C24H32O11/c1-8-10(2)20(28)33-14-9-22(6,35-13(5)26)16-15(11(3)17(27)18(16)32-12(4)25)19-24(14,31)23(7,30)21(29)34-19/h10,14,16,18-19,30-31H,8-9H2,1-7H3/t10-,14-,16?,18-,19-,22-,23+,24+/m0/s1. The number of hydrogen-bond acceptors (Lipinski definition) is 11. The fourth-order valence-corrected chi connectivity index (χ4v) is 5.36. The van der Waals surface area contributed by atoms with E-state index >= 15 is 0 Å². The zero-order valence-corrected chi connectivity index (χ0v) is 20.9. The van der Waals surface area contributed by atoms with Gasteiger partial charge in [0.05, 0.1) is 11.8 Å². The number of ketones is 1. The quantitative estimate of drug-likeness (QED) is 0.403. The van der Waals surface area contributed by atoms with Crippen LogP contribution in [0.4, 0.5) is 0 Å². The van der Waals surface area contributed by atoms with E-state index in [4.69, 9.17) is 18.9 Å². The van der Waals surface area contributed by atoms with Gasteiger partial charge in [0.25, 0.3) is 0 Å². The summed E-state index contributed by atoms with van der Waals surface area (Å²) in [6, 6.07) is 0. The number of aliphatic hydroxyl groups is 2. The minimum atomic E-state index is -2.56. The average Bonchev–Trinajstić information content (AvgIpc) is 3.05. The highest BCUT2D eigenvalue weighted by Gasteiger charge is 2.75. The van der Waals surface area contributed by atoms with E-state index in [1.54, 1.807) is 13.8 Å². The maximum atomic E-state index is 13.2. The first-order chi connectivity index (χ1) is 16.0. The highest BCUT2D eigenvalue weighted by molar-refractivity contribution is 6.04. The summed E-state index contributed by atoms with van der Waals surface area (Å²) in [5, 5.41) is 23.1. The van der Waals surface area contributed by atoms with E-state index in [-0.39, 0.29) is 11.1 Å². The second-order valence-electron chi connectivity index (χ2n) is 9.98. The van der Waals surface area contributed by atoms with Gasteiger partial charge in [-0.1, -0.05) is 13.8 Å². The molecule has 11 nitrogen and oxygen atoms in total. The molecule has 0 aromatic rings. The van der Waals surface area contributed by atoms with Crippen molar-refractivity contribution in [3.63, 3.8) is 0 Å². The van der Waals surface area contributed by atoms with Crippen LogP contribution in [0.15, 0.2) is 11.1 Å². The summed E-state index contributed by atoms with van der Waals surface area (Å²) >= 11 is 0. The van der Waals surface area contributed by atoms with Crippen LogP contribution in [0.1, 0.15) is 61.3 Å². The van der Waals surface area contributed by atoms with Crippen LogP contribution >= 0.6 is 0 Å². The molecule has 0 radical (unpaired) electrons. The Kier molecular flexibility index (Phi) is 6.67. The average molecular weight is 497 g/mol. The van der Waals surface area contributed by atoms with Crippen molar-refractivity contribution in [2.75, 3.05) is 0 Å². The number of rotatable bonds is 5. The molecule has 1 aliphatic heterocycles. The Balaban J connectivity index is 2.30. The highest BCUT2D eigenvalue weighted by atomic mass is 16.6. The predicted octanol–water partition coefficient (Wildman–Crippen LogP) is 0.524. The molecule has 1 saturated carbocycles. The Morgan fingerprint density at radius 2 is 1.71 bits per heavy atom. The Labute approximate surface area is 202 Å². The first kappa shape index (κ1) is 26.8. The third-order valence-corrected chi connectivity index (χ3v) is 7.47. The number of hydrogen-bond donors (Lipinski definition) is 2. The van der Waals surface area contributed by atoms with Gasteiger partial charge in [0.2, 0.25) is 0 Å². The molecule has 3 rings (SSSR count). The zero-order valence-electron chi connectivity index (χ0n) is 20.9. The lowest BCUT2D eigenvalue weighted by Gasteiger charge is -2.41. The molecular formula is C24H32O11. The van der Waals surface area contributed by atoms with E-state index in [2.05, 4.69) is 0 Å². The molecule has 8 atom stereocenters. The van der Waals surface area contributed by atoms with Gasteiger partial charge in [0, 0.05) is 20.3 Å². The van der Waals surface area contributed by atoms with Gasteiger partial charge in [-0.2, -0.15) is 0 Å². The summed E-state index contributed by atoms with van der Waals surface area (Å²) in [5.41, 5.74) is -6.73. The molecule has 1 heterocycles. The molecule has 0 aromatic heterocycles. The van der Waals surface area contributed by atoms with Crippen molar-refractivity contribution in [3.8, 4) is 0 Å². The topological polar surface area (TPSA) is 163 Å². The Morgan fingerprint density at radius 1 is 1.11 bits per heavy atom. The van der Waals surface area contributed by atoms with Gasteiger partial charge in [0.15, 0.2) is 29.2 Å². The summed E-state index contributed by atoms with van der Waals surface area (Å²) in [4.78, 5) is 62.7. The van der Waals surface area contributed by atoms with E-state index < -0.39 is 83.0 Å². The molecule has 0 bridgehead atoms. The fourth-order valence-electron chi connectivity index (χ4n) is 5.36. The van der Waals surface area contributed by atoms with E-state index in [0.29, 0.717) is 6.42 Å². The molecule has 2 N–H and O–H groups in total. The summed E-state index contributed by atoms with van der Waals surface area (Å²) < 4.78 is 22.0. The summed E-state index contributed by atoms with van der Waals surface area (Å²) in [6.45, 7) is 9.48. The maximum Gasteiger partial charge on any atom is 0.341 e. The van der Waals surface area contributed by atoms with Crippen LogP contribution in [-0.4, -0.2) is 75.0 Å². The zero-order chi connectivity index (χ0) is 26.7. The highest BCUT2D eigenvalue weighted by Crippen LogP contribution is 2.56.